The minimum absolute atomic E-state index is 0.536. The van der Waals surface area contributed by atoms with Gasteiger partial charge >= 0.3 is 0 Å². The molecule has 0 bridgehead atoms. The Kier molecular flexibility index (Phi) is 8.18. The molecule has 28 heavy (non-hydrogen) atoms. The highest BCUT2D eigenvalue weighted by atomic mass is 32.1. The lowest BCUT2D eigenvalue weighted by molar-refractivity contribution is 0.124. The van der Waals surface area contributed by atoms with Gasteiger partial charge in [-0.2, -0.15) is 0 Å². The molecule has 2 fully saturated rings. The number of piperidine rings is 1. The lowest BCUT2D eigenvalue weighted by atomic mass is 9.88. The van der Waals surface area contributed by atoms with Crippen molar-refractivity contribution in [1.82, 2.24) is 20.0 Å². The quantitative estimate of drug-likeness (QED) is 0.557. The van der Waals surface area contributed by atoms with Gasteiger partial charge in [0, 0.05) is 44.1 Å². The van der Waals surface area contributed by atoms with Crippen molar-refractivity contribution < 1.29 is 0 Å². The normalized spacial score (nSPS) is 27.0. The lowest BCUT2D eigenvalue weighted by Crippen LogP contribution is -2.46. The summed E-state index contributed by atoms with van der Waals surface area (Å²) >= 11 is 1.90. The van der Waals surface area contributed by atoms with Crippen molar-refractivity contribution in [2.45, 2.75) is 39.2 Å². The largest absolute Gasteiger partial charge is 0.356 e. The molecule has 6 heteroatoms. The van der Waals surface area contributed by atoms with Crippen LogP contribution in [0.5, 0.6) is 0 Å². The van der Waals surface area contributed by atoms with Crippen molar-refractivity contribution in [2.24, 2.45) is 16.8 Å². The van der Waals surface area contributed by atoms with E-state index < -0.39 is 0 Å². The zero-order valence-electron chi connectivity index (χ0n) is 18.2. The Morgan fingerprint density at radius 2 is 2.11 bits per heavy atom. The first-order chi connectivity index (χ1) is 13.7. The average Bonchev–Trinajstić information content (AvgIpc) is 3.39. The van der Waals surface area contributed by atoms with Gasteiger partial charge in [-0.25, -0.2) is 0 Å². The van der Waals surface area contributed by atoms with Crippen molar-refractivity contribution in [1.29, 1.82) is 0 Å². The predicted octanol–water partition coefficient (Wildman–Crippen LogP) is 3.37. The highest BCUT2D eigenvalue weighted by Gasteiger charge is 2.32. The van der Waals surface area contributed by atoms with Crippen LogP contribution in [0.2, 0.25) is 0 Å². The second kappa shape index (κ2) is 10.6. The van der Waals surface area contributed by atoms with Crippen LogP contribution in [0.3, 0.4) is 0 Å². The molecule has 2 aliphatic heterocycles. The maximum atomic E-state index is 4.62. The fourth-order valence-electron chi connectivity index (χ4n) is 4.96. The summed E-state index contributed by atoms with van der Waals surface area (Å²) in [5.41, 5.74) is 0. The molecular weight excluding hydrogens is 366 g/mol. The van der Waals surface area contributed by atoms with Crippen molar-refractivity contribution >= 4 is 17.3 Å². The first-order valence-electron chi connectivity index (χ1n) is 11.1. The Bertz CT molecular complexity index is 598. The molecule has 5 nitrogen and oxygen atoms in total. The monoisotopic (exact) mass is 405 g/mol. The zero-order valence-corrected chi connectivity index (χ0v) is 19.0. The van der Waals surface area contributed by atoms with Gasteiger partial charge in [-0.15, -0.1) is 11.3 Å². The standard InChI is InChI=1S/C22H39N5S/c1-5-26(6-2)16-18-11-13-27(17-18)22(23-3)24-15-19-9-7-12-25(4)21(19)20-10-8-14-28-20/h8,10,14,18-19,21H,5-7,9,11-13,15-17H2,1-4H3,(H,23,24). The predicted molar refractivity (Wildman–Crippen MR) is 121 cm³/mol. The van der Waals surface area contributed by atoms with Gasteiger partial charge in [0.1, 0.15) is 0 Å². The number of rotatable bonds is 7. The number of nitrogens with one attached hydrogen (secondary N) is 1. The number of aliphatic imine (C=N–C) groups is 1. The van der Waals surface area contributed by atoms with E-state index in [1.54, 1.807) is 0 Å². The first kappa shape index (κ1) is 21.6. The fourth-order valence-corrected chi connectivity index (χ4v) is 5.94. The molecule has 3 heterocycles. The molecule has 0 amide bonds. The van der Waals surface area contributed by atoms with E-state index in [4.69, 9.17) is 0 Å². The van der Waals surface area contributed by atoms with Gasteiger partial charge in [-0.1, -0.05) is 19.9 Å². The summed E-state index contributed by atoms with van der Waals surface area (Å²) in [7, 11) is 4.22. The highest BCUT2D eigenvalue weighted by molar-refractivity contribution is 7.10. The van der Waals surface area contributed by atoms with Crippen LogP contribution < -0.4 is 5.32 Å². The molecule has 0 radical (unpaired) electrons. The number of likely N-dealkylation sites (tertiary alicyclic amines) is 2. The molecule has 0 aromatic carbocycles. The number of guanidine groups is 1. The smallest absolute Gasteiger partial charge is 0.193 e. The van der Waals surface area contributed by atoms with Crippen LogP contribution in [0, 0.1) is 11.8 Å². The lowest BCUT2D eigenvalue weighted by Gasteiger charge is -2.39. The van der Waals surface area contributed by atoms with E-state index in [0.29, 0.717) is 12.0 Å². The van der Waals surface area contributed by atoms with Gasteiger partial charge in [0.25, 0.3) is 0 Å². The maximum absolute atomic E-state index is 4.62. The molecule has 0 aliphatic carbocycles. The second-order valence-electron chi connectivity index (χ2n) is 8.36. The van der Waals surface area contributed by atoms with Gasteiger partial charge in [-0.3, -0.25) is 9.89 Å². The maximum Gasteiger partial charge on any atom is 0.193 e. The molecule has 0 spiro atoms. The van der Waals surface area contributed by atoms with Crippen molar-refractivity contribution in [2.75, 3.05) is 59.9 Å². The molecule has 1 aromatic rings. The molecule has 3 atom stereocenters. The summed E-state index contributed by atoms with van der Waals surface area (Å²) in [5.74, 6) is 2.50. The van der Waals surface area contributed by atoms with Crippen LogP contribution in [0.15, 0.2) is 22.5 Å². The van der Waals surface area contributed by atoms with Crippen LogP contribution >= 0.6 is 11.3 Å². The Morgan fingerprint density at radius 1 is 1.29 bits per heavy atom. The molecule has 1 N–H and O–H groups in total. The molecular formula is C22H39N5S. The number of thiophene rings is 1. The van der Waals surface area contributed by atoms with E-state index in [9.17, 15) is 0 Å². The van der Waals surface area contributed by atoms with E-state index in [2.05, 4.69) is 63.4 Å². The number of hydrogen-bond donors (Lipinski definition) is 1. The van der Waals surface area contributed by atoms with Gasteiger partial charge in [0.2, 0.25) is 0 Å². The summed E-state index contributed by atoms with van der Waals surface area (Å²) in [6.45, 7) is 12.5. The molecule has 2 aliphatic rings. The molecule has 3 rings (SSSR count). The summed E-state index contributed by atoms with van der Waals surface area (Å²) < 4.78 is 0. The first-order valence-corrected chi connectivity index (χ1v) is 12.0. The highest BCUT2D eigenvalue weighted by Crippen LogP contribution is 2.36. The van der Waals surface area contributed by atoms with E-state index in [1.165, 1.54) is 37.2 Å². The summed E-state index contributed by atoms with van der Waals surface area (Å²) in [6, 6.07) is 5.02. The van der Waals surface area contributed by atoms with Gasteiger partial charge in [0.05, 0.1) is 0 Å². The third kappa shape index (κ3) is 5.28. The minimum atomic E-state index is 0.536. The van der Waals surface area contributed by atoms with Gasteiger partial charge in [-0.05, 0) is 69.2 Å². The summed E-state index contributed by atoms with van der Waals surface area (Å²) in [5, 5.41) is 5.95. The number of hydrogen-bond acceptors (Lipinski definition) is 4. The SMILES string of the molecule is CCN(CC)CC1CCN(C(=NC)NCC2CCCN(C)C2c2cccs2)C1. The third-order valence-electron chi connectivity index (χ3n) is 6.57. The topological polar surface area (TPSA) is 34.1 Å². The molecule has 158 valence electrons. The fraction of sp³-hybridized carbons (Fsp3) is 0.773. The Hall–Kier alpha value is -1.11. The van der Waals surface area contributed by atoms with Crippen LogP contribution in [-0.4, -0.2) is 80.6 Å². The van der Waals surface area contributed by atoms with Crippen molar-refractivity contribution in [3.05, 3.63) is 22.4 Å². The third-order valence-corrected chi connectivity index (χ3v) is 7.52. The molecule has 1 aromatic heterocycles. The zero-order chi connectivity index (χ0) is 19.9. The van der Waals surface area contributed by atoms with Crippen molar-refractivity contribution in [3.8, 4) is 0 Å². The van der Waals surface area contributed by atoms with Crippen LogP contribution in [0.25, 0.3) is 0 Å². The van der Waals surface area contributed by atoms with Gasteiger partial charge < -0.3 is 15.1 Å². The Balaban J connectivity index is 1.55. The average molecular weight is 406 g/mol. The Morgan fingerprint density at radius 3 is 2.79 bits per heavy atom. The summed E-state index contributed by atoms with van der Waals surface area (Å²) in [4.78, 5) is 13.7. The van der Waals surface area contributed by atoms with Crippen LogP contribution in [0.4, 0.5) is 0 Å². The summed E-state index contributed by atoms with van der Waals surface area (Å²) in [6.07, 6.45) is 3.86. The molecule has 0 saturated carbocycles. The van der Waals surface area contributed by atoms with Crippen LogP contribution in [0.1, 0.15) is 44.0 Å². The van der Waals surface area contributed by atoms with Gasteiger partial charge in [0.15, 0.2) is 5.96 Å². The van der Waals surface area contributed by atoms with E-state index in [1.807, 2.05) is 18.4 Å². The second-order valence-corrected chi connectivity index (χ2v) is 9.34. The van der Waals surface area contributed by atoms with E-state index in [-0.39, 0.29) is 0 Å². The minimum Gasteiger partial charge on any atom is -0.356 e. The Labute approximate surface area is 175 Å². The molecule has 2 saturated heterocycles. The van der Waals surface area contributed by atoms with Crippen LogP contribution in [-0.2, 0) is 0 Å². The van der Waals surface area contributed by atoms with Crippen molar-refractivity contribution in [3.63, 3.8) is 0 Å². The van der Waals surface area contributed by atoms with E-state index >= 15 is 0 Å². The van der Waals surface area contributed by atoms with E-state index in [0.717, 1.165) is 44.6 Å². The molecule has 3 unspecified atom stereocenters. The number of nitrogens with zero attached hydrogens (tertiary/aromatic N) is 4.